The molecule has 0 amide bonds. The molecule has 1 aliphatic heterocycles. The van der Waals surface area contributed by atoms with Crippen molar-refractivity contribution in [2.75, 3.05) is 19.7 Å². The molecule has 0 radical (unpaired) electrons. The van der Waals surface area contributed by atoms with Gasteiger partial charge in [-0.25, -0.2) is 4.98 Å². The van der Waals surface area contributed by atoms with Crippen molar-refractivity contribution in [1.82, 2.24) is 20.5 Å². The lowest BCUT2D eigenvalue weighted by atomic mass is 10.3. The van der Waals surface area contributed by atoms with E-state index >= 15 is 0 Å². The summed E-state index contributed by atoms with van der Waals surface area (Å²) in [5.74, 6) is 1.08. The molecule has 0 aliphatic carbocycles. The van der Waals surface area contributed by atoms with Crippen LogP contribution in [0.1, 0.15) is 17.8 Å². The van der Waals surface area contributed by atoms with Gasteiger partial charge in [-0.1, -0.05) is 0 Å². The molecule has 1 atom stereocenters. The van der Waals surface area contributed by atoms with Crippen LogP contribution in [0.5, 0.6) is 0 Å². The highest BCUT2D eigenvalue weighted by Gasteiger charge is 2.19. The highest BCUT2D eigenvalue weighted by Crippen LogP contribution is 2.13. The van der Waals surface area contributed by atoms with Gasteiger partial charge in [0.15, 0.2) is 5.82 Å². The first-order chi connectivity index (χ1) is 6.40. The van der Waals surface area contributed by atoms with E-state index in [1.54, 1.807) is 0 Å². The molecule has 72 valence electrons. The molecule has 1 unspecified atom stereocenters. The van der Waals surface area contributed by atoms with E-state index in [1.165, 1.54) is 0 Å². The number of morpholine rings is 1. The van der Waals surface area contributed by atoms with E-state index in [1.807, 2.05) is 0 Å². The Balaban J connectivity index is 2.05. The Morgan fingerprint density at radius 1 is 1.62 bits per heavy atom. The Labute approximate surface area is 75.3 Å². The molecule has 13 heavy (non-hydrogen) atoms. The lowest BCUT2D eigenvalue weighted by Crippen LogP contribution is -2.33. The van der Waals surface area contributed by atoms with Gasteiger partial charge >= 0.3 is 0 Å². The molecular weight excluding hydrogens is 172 g/mol. The van der Waals surface area contributed by atoms with E-state index in [0.29, 0.717) is 18.3 Å². The summed E-state index contributed by atoms with van der Waals surface area (Å²) in [4.78, 5) is 4.07. The van der Waals surface area contributed by atoms with Gasteiger partial charge in [-0.2, -0.15) is 5.10 Å². The second-order valence-corrected chi connectivity index (χ2v) is 2.86. The van der Waals surface area contributed by atoms with Gasteiger partial charge in [-0.3, -0.25) is 5.10 Å². The number of hydrogen-bond acceptors (Lipinski definition) is 5. The second-order valence-electron chi connectivity index (χ2n) is 2.86. The topological polar surface area (TPSA) is 83.1 Å². The predicted octanol–water partition coefficient (Wildman–Crippen LogP) is -1.04. The predicted molar refractivity (Wildman–Crippen MR) is 43.9 cm³/mol. The van der Waals surface area contributed by atoms with Gasteiger partial charge in [0.1, 0.15) is 18.5 Å². The molecular formula is C7H12N4O2. The zero-order valence-electron chi connectivity index (χ0n) is 7.16. The summed E-state index contributed by atoms with van der Waals surface area (Å²) in [6.07, 6.45) is -0.0923. The van der Waals surface area contributed by atoms with Crippen LogP contribution in [0.25, 0.3) is 0 Å². The van der Waals surface area contributed by atoms with E-state index in [0.717, 1.165) is 13.1 Å². The summed E-state index contributed by atoms with van der Waals surface area (Å²) in [5, 5.41) is 18.5. The van der Waals surface area contributed by atoms with Gasteiger partial charge in [-0.15, -0.1) is 0 Å². The van der Waals surface area contributed by atoms with Crippen molar-refractivity contribution < 1.29 is 9.84 Å². The van der Waals surface area contributed by atoms with Crippen molar-refractivity contribution in [3.05, 3.63) is 11.6 Å². The number of aromatic nitrogens is 3. The molecule has 1 aliphatic rings. The minimum Gasteiger partial charge on any atom is -0.388 e. The first kappa shape index (κ1) is 8.61. The first-order valence-electron chi connectivity index (χ1n) is 4.24. The molecule has 1 aromatic rings. The summed E-state index contributed by atoms with van der Waals surface area (Å²) >= 11 is 0. The number of hydrogen-bond donors (Lipinski definition) is 3. The van der Waals surface area contributed by atoms with Crippen molar-refractivity contribution in [1.29, 1.82) is 0 Å². The van der Waals surface area contributed by atoms with Gasteiger partial charge < -0.3 is 15.2 Å². The fourth-order valence-corrected chi connectivity index (χ4v) is 1.26. The molecule has 0 saturated carbocycles. The quantitative estimate of drug-likeness (QED) is 0.546. The standard InChI is InChI=1S/C7H12N4O2/c12-4-6-9-7(11-10-6)5-3-8-1-2-13-5/h5,8,12H,1-4H2,(H,9,10,11). The lowest BCUT2D eigenvalue weighted by molar-refractivity contribution is 0.0223. The third kappa shape index (κ3) is 1.85. The van der Waals surface area contributed by atoms with Crippen LogP contribution in [0.3, 0.4) is 0 Å². The molecule has 0 aromatic carbocycles. The van der Waals surface area contributed by atoms with Crippen LogP contribution in [0.2, 0.25) is 0 Å². The highest BCUT2D eigenvalue weighted by atomic mass is 16.5. The van der Waals surface area contributed by atoms with Crippen molar-refractivity contribution in [3.8, 4) is 0 Å². The van der Waals surface area contributed by atoms with Crippen LogP contribution in [0.15, 0.2) is 0 Å². The number of ether oxygens (including phenoxy) is 1. The Morgan fingerprint density at radius 2 is 2.54 bits per heavy atom. The number of aliphatic hydroxyl groups excluding tert-OH is 1. The van der Waals surface area contributed by atoms with Crippen LogP contribution in [-0.2, 0) is 11.3 Å². The fraction of sp³-hybridized carbons (Fsp3) is 0.714. The van der Waals surface area contributed by atoms with E-state index in [9.17, 15) is 0 Å². The van der Waals surface area contributed by atoms with Gasteiger partial charge in [-0.05, 0) is 0 Å². The molecule has 0 spiro atoms. The minimum atomic E-state index is -0.118. The number of rotatable bonds is 2. The fourth-order valence-electron chi connectivity index (χ4n) is 1.26. The average molecular weight is 184 g/mol. The van der Waals surface area contributed by atoms with E-state index in [4.69, 9.17) is 9.84 Å². The second kappa shape index (κ2) is 3.82. The van der Waals surface area contributed by atoms with Crippen molar-refractivity contribution in [3.63, 3.8) is 0 Å². The van der Waals surface area contributed by atoms with Crippen LogP contribution >= 0.6 is 0 Å². The van der Waals surface area contributed by atoms with Gasteiger partial charge in [0.05, 0.1) is 6.61 Å². The van der Waals surface area contributed by atoms with Gasteiger partial charge in [0, 0.05) is 13.1 Å². The third-order valence-corrected chi connectivity index (χ3v) is 1.91. The number of nitrogens with zero attached hydrogens (tertiary/aromatic N) is 2. The summed E-state index contributed by atoms with van der Waals surface area (Å²) in [5.41, 5.74) is 0. The summed E-state index contributed by atoms with van der Waals surface area (Å²) in [6, 6.07) is 0. The van der Waals surface area contributed by atoms with E-state index in [-0.39, 0.29) is 12.7 Å². The number of aliphatic hydroxyl groups is 1. The van der Waals surface area contributed by atoms with Crippen molar-refractivity contribution in [2.45, 2.75) is 12.7 Å². The normalized spacial score (nSPS) is 23.3. The molecule has 2 rings (SSSR count). The lowest BCUT2D eigenvalue weighted by Gasteiger charge is -2.20. The van der Waals surface area contributed by atoms with Gasteiger partial charge in [0.2, 0.25) is 0 Å². The Bertz CT molecular complexity index is 269. The minimum absolute atomic E-state index is 0.0923. The molecule has 3 N–H and O–H groups in total. The molecule has 6 heteroatoms. The summed E-state index contributed by atoms with van der Waals surface area (Å²) in [7, 11) is 0. The van der Waals surface area contributed by atoms with E-state index < -0.39 is 0 Å². The maximum atomic E-state index is 8.76. The Hall–Kier alpha value is -0.980. The van der Waals surface area contributed by atoms with Crippen LogP contribution in [0.4, 0.5) is 0 Å². The molecule has 1 fully saturated rings. The third-order valence-electron chi connectivity index (χ3n) is 1.91. The smallest absolute Gasteiger partial charge is 0.180 e. The molecule has 0 bridgehead atoms. The SMILES string of the molecule is OCc1nc(C2CNCCO2)n[nH]1. The van der Waals surface area contributed by atoms with Crippen LogP contribution < -0.4 is 5.32 Å². The van der Waals surface area contributed by atoms with Gasteiger partial charge in [0.25, 0.3) is 0 Å². The number of nitrogens with one attached hydrogen (secondary N) is 2. The zero-order valence-corrected chi connectivity index (χ0v) is 7.16. The summed E-state index contributed by atoms with van der Waals surface area (Å²) in [6.45, 7) is 2.15. The first-order valence-corrected chi connectivity index (χ1v) is 4.24. The maximum absolute atomic E-state index is 8.76. The highest BCUT2D eigenvalue weighted by molar-refractivity contribution is 4.95. The van der Waals surface area contributed by atoms with Crippen LogP contribution in [0, 0.1) is 0 Å². The van der Waals surface area contributed by atoms with E-state index in [2.05, 4.69) is 20.5 Å². The molecule has 1 saturated heterocycles. The largest absolute Gasteiger partial charge is 0.388 e. The van der Waals surface area contributed by atoms with Crippen LogP contribution in [-0.4, -0.2) is 40.0 Å². The summed E-state index contributed by atoms with van der Waals surface area (Å²) < 4.78 is 5.43. The molecule has 6 nitrogen and oxygen atoms in total. The molecule has 2 heterocycles. The number of aromatic amines is 1. The Kier molecular flexibility index (Phi) is 2.53. The molecule has 1 aromatic heterocycles. The van der Waals surface area contributed by atoms with Crippen molar-refractivity contribution >= 4 is 0 Å². The monoisotopic (exact) mass is 184 g/mol. The number of H-pyrrole nitrogens is 1. The zero-order chi connectivity index (χ0) is 9.10. The van der Waals surface area contributed by atoms with Crippen molar-refractivity contribution in [2.24, 2.45) is 0 Å². The Morgan fingerprint density at radius 3 is 3.15 bits per heavy atom. The maximum Gasteiger partial charge on any atom is 0.180 e. The average Bonchev–Trinajstić information content (AvgIpc) is 2.67.